The number of thiazole rings is 1. The van der Waals surface area contributed by atoms with Crippen molar-refractivity contribution in [1.29, 1.82) is 0 Å². The van der Waals surface area contributed by atoms with Gasteiger partial charge in [0.05, 0.1) is 29.5 Å². The van der Waals surface area contributed by atoms with Gasteiger partial charge in [-0.2, -0.15) is 0 Å². The lowest BCUT2D eigenvalue weighted by Gasteiger charge is -2.16. The molecule has 0 aliphatic rings. The maximum absolute atomic E-state index is 5.92. The van der Waals surface area contributed by atoms with Crippen LogP contribution >= 0.6 is 11.3 Å². The molecule has 2 N–H and O–H groups in total. The first-order valence-corrected chi connectivity index (χ1v) is 9.12. The molecule has 0 radical (unpaired) electrons. The summed E-state index contributed by atoms with van der Waals surface area (Å²) in [6.07, 6.45) is 0.795. The lowest BCUT2D eigenvalue weighted by atomic mass is 10.0. The molecule has 0 spiro atoms. The monoisotopic (exact) mass is 342 g/mol. The van der Waals surface area contributed by atoms with Crippen molar-refractivity contribution in [3.8, 4) is 22.8 Å². The van der Waals surface area contributed by atoms with Crippen molar-refractivity contribution in [2.45, 2.75) is 20.3 Å². The zero-order valence-corrected chi connectivity index (χ0v) is 14.9. The molecule has 3 aromatic rings. The van der Waals surface area contributed by atoms with Crippen molar-refractivity contribution in [1.82, 2.24) is 4.98 Å². The topological polar surface area (TPSA) is 57.4 Å². The molecular formula is C19H22N2O2S. The SMILES string of the molecule is CCOc1cc(OCC)c2ccccc2c1-c1csc(CCN)n1. The largest absolute Gasteiger partial charge is 0.493 e. The van der Waals surface area contributed by atoms with E-state index in [0.29, 0.717) is 19.8 Å². The molecule has 0 amide bonds. The van der Waals surface area contributed by atoms with Gasteiger partial charge in [0.15, 0.2) is 0 Å². The van der Waals surface area contributed by atoms with E-state index >= 15 is 0 Å². The normalized spacial score (nSPS) is 11.0. The molecule has 2 aromatic carbocycles. The summed E-state index contributed by atoms with van der Waals surface area (Å²) < 4.78 is 11.7. The molecule has 0 aliphatic carbocycles. The van der Waals surface area contributed by atoms with Gasteiger partial charge in [-0.25, -0.2) is 4.98 Å². The summed E-state index contributed by atoms with van der Waals surface area (Å²) in [7, 11) is 0. The Morgan fingerprint density at radius 3 is 2.46 bits per heavy atom. The van der Waals surface area contributed by atoms with Gasteiger partial charge in [-0.05, 0) is 25.8 Å². The Bertz CT molecular complexity index is 829. The number of hydrogen-bond acceptors (Lipinski definition) is 5. The average Bonchev–Trinajstić information content (AvgIpc) is 3.04. The predicted octanol–water partition coefficient (Wildman–Crippen LogP) is 4.26. The summed E-state index contributed by atoms with van der Waals surface area (Å²) >= 11 is 1.64. The number of nitrogens with two attached hydrogens (primary N) is 1. The van der Waals surface area contributed by atoms with Gasteiger partial charge in [0.25, 0.3) is 0 Å². The van der Waals surface area contributed by atoms with Crippen LogP contribution in [0.4, 0.5) is 0 Å². The summed E-state index contributed by atoms with van der Waals surface area (Å²) in [5.41, 5.74) is 7.62. The van der Waals surface area contributed by atoms with Gasteiger partial charge in [-0.3, -0.25) is 0 Å². The van der Waals surface area contributed by atoms with Crippen LogP contribution in [0.25, 0.3) is 22.0 Å². The quantitative estimate of drug-likeness (QED) is 0.697. The number of ether oxygens (including phenoxy) is 2. The third-order valence-electron chi connectivity index (χ3n) is 3.74. The molecule has 0 saturated heterocycles. The van der Waals surface area contributed by atoms with Gasteiger partial charge in [0.2, 0.25) is 0 Å². The molecule has 1 aromatic heterocycles. The highest BCUT2D eigenvalue weighted by Gasteiger charge is 2.17. The fourth-order valence-electron chi connectivity index (χ4n) is 2.79. The van der Waals surface area contributed by atoms with Gasteiger partial charge in [-0.15, -0.1) is 11.3 Å². The van der Waals surface area contributed by atoms with E-state index in [4.69, 9.17) is 20.2 Å². The fraction of sp³-hybridized carbons (Fsp3) is 0.316. The van der Waals surface area contributed by atoms with Gasteiger partial charge in [0.1, 0.15) is 11.5 Å². The third-order valence-corrected chi connectivity index (χ3v) is 4.64. The lowest BCUT2D eigenvalue weighted by molar-refractivity contribution is 0.327. The van der Waals surface area contributed by atoms with Crippen LogP contribution in [-0.4, -0.2) is 24.7 Å². The second-order valence-electron chi connectivity index (χ2n) is 5.32. The molecule has 3 rings (SSSR count). The van der Waals surface area contributed by atoms with Crippen molar-refractivity contribution >= 4 is 22.1 Å². The Hall–Kier alpha value is -2.11. The van der Waals surface area contributed by atoms with E-state index in [1.54, 1.807) is 11.3 Å². The second kappa shape index (κ2) is 7.64. The van der Waals surface area contributed by atoms with Crippen LogP contribution < -0.4 is 15.2 Å². The van der Waals surface area contributed by atoms with Crippen LogP contribution in [0.3, 0.4) is 0 Å². The number of benzene rings is 2. The smallest absolute Gasteiger partial charge is 0.133 e. The van der Waals surface area contributed by atoms with E-state index in [-0.39, 0.29) is 0 Å². The van der Waals surface area contributed by atoms with E-state index in [2.05, 4.69) is 17.5 Å². The standard InChI is InChI=1S/C19H22N2O2S/c1-3-22-16-11-17(23-4-2)19(14-8-6-5-7-13(14)16)15-12-24-18(21-15)9-10-20/h5-8,11-12H,3-4,9-10,20H2,1-2H3. The van der Waals surface area contributed by atoms with Gasteiger partial charge in [-0.1, -0.05) is 24.3 Å². The van der Waals surface area contributed by atoms with Gasteiger partial charge < -0.3 is 15.2 Å². The van der Waals surface area contributed by atoms with Crippen LogP contribution in [0.5, 0.6) is 11.5 Å². The van der Waals surface area contributed by atoms with E-state index in [1.807, 2.05) is 32.0 Å². The van der Waals surface area contributed by atoms with Crippen molar-refractivity contribution in [3.63, 3.8) is 0 Å². The second-order valence-corrected chi connectivity index (χ2v) is 6.27. The summed E-state index contributed by atoms with van der Waals surface area (Å²) in [6, 6.07) is 10.2. The minimum absolute atomic E-state index is 0.594. The Balaban J connectivity index is 2.23. The molecule has 0 saturated carbocycles. The number of fused-ring (bicyclic) bond motifs is 1. The van der Waals surface area contributed by atoms with Crippen molar-refractivity contribution in [2.24, 2.45) is 5.73 Å². The molecule has 24 heavy (non-hydrogen) atoms. The third kappa shape index (κ3) is 3.23. The summed E-state index contributed by atoms with van der Waals surface area (Å²) in [4.78, 5) is 4.76. The summed E-state index contributed by atoms with van der Waals surface area (Å²) in [5, 5.41) is 5.30. The van der Waals surface area contributed by atoms with Crippen LogP contribution in [0, 0.1) is 0 Å². The van der Waals surface area contributed by atoms with E-state index in [0.717, 1.165) is 45.0 Å². The molecule has 0 bridgehead atoms. The molecular weight excluding hydrogens is 320 g/mol. The number of nitrogens with zero attached hydrogens (tertiary/aromatic N) is 1. The van der Waals surface area contributed by atoms with Crippen LogP contribution in [0.15, 0.2) is 35.7 Å². The first-order valence-electron chi connectivity index (χ1n) is 8.24. The minimum atomic E-state index is 0.594. The predicted molar refractivity (Wildman–Crippen MR) is 100 cm³/mol. The first kappa shape index (κ1) is 16.7. The van der Waals surface area contributed by atoms with Crippen molar-refractivity contribution < 1.29 is 9.47 Å². The molecule has 5 heteroatoms. The molecule has 0 fully saturated rings. The highest BCUT2D eigenvalue weighted by atomic mass is 32.1. The number of aromatic nitrogens is 1. The number of hydrogen-bond donors (Lipinski definition) is 1. The molecule has 0 unspecified atom stereocenters. The first-order chi connectivity index (χ1) is 11.8. The Morgan fingerprint density at radius 1 is 1.04 bits per heavy atom. The van der Waals surface area contributed by atoms with Crippen LogP contribution in [0.1, 0.15) is 18.9 Å². The van der Waals surface area contributed by atoms with Gasteiger partial charge in [0, 0.05) is 23.3 Å². The maximum Gasteiger partial charge on any atom is 0.133 e. The number of rotatable bonds is 7. The highest BCUT2D eigenvalue weighted by molar-refractivity contribution is 7.10. The Kier molecular flexibility index (Phi) is 5.33. The zero-order valence-electron chi connectivity index (χ0n) is 14.0. The molecule has 0 atom stereocenters. The minimum Gasteiger partial charge on any atom is -0.493 e. The molecule has 1 heterocycles. The molecule has 126 valence electrons. The Morgan fingerprint density at radius 2 is 1.75 bits per heavy atom. The van der Waals surface area contributed by atoms with Crippen molar-refractivity contribution in [3.05, 3.63) is 40.7 Å². The summed E-state index contributed by atoms with van der Waals surface area (Å²) in [6.45, 7) is 5.79. The fourth-order valence-corrected chi connectivity index (χ4v) is 3.60. The summed E-state index contributed by atoms with van der Waals surface area (Å²) in [5.74, 6) is 1.65. The highest BCUT2D eigenvalue weighted by Crippen LogP contribution is 2.42. The zero-order chi connectivity index (χ0) is 16.9. The van der Waals surface area contributed by atoms with E-state index in [9.17, 15) is 0 Å². The molecule has 4 nitrogen and oxygen atoms in total. The average molecular weight is 342 g/mol. The van der Waals surface area contributed by atoms with Gasteiger partial charge >= 0.3 is 0 Å². The van der Waals surface area contributed by atoms with Crippen LogP contribution in [0.2, 0.25) is 0 Å². The maximum atomic E-state index is 5.92. The Labute approximate surface area is 146 Å². The van der Waals surface area contributed by atoms with Crippen LogP contribution in [-0.2, 0) is 6.42 Å². The van der Waals surface area contributed by atoms with Crippen molar-refractivity contribution in [2.75, 3.05) is 19.8 Å². The lowest BCUT2D eigenvalue weighted by Crippen LogP contribution is -2.02. The molecule has 0 aliphatic heterocycles. The van der Waals surface area contributed by atoms with E-state index < -0.39 is 0 Å². The van der Waals surface area contributed by atoms with E-state index in [1.165, 1.54) is 0 Å².